The van der Waals surface area contributed by atoms with Gasteiger partial charge in [0.25, 0.3) is 0 Å². The smallest absolute Gasteiger partial charge is 0.229 e. The number of nitrogens with zero attached hydrogens (tertiary/aromatic N) is 6. The number of rotatable bonds is 5. The predicted molar refractivity (Wildman–Crippen MR) is 168 cm³/mol. The molecule has 3 aliphatic rings. The van der Waals surface area contributed by atoms with E-state index in [2.05, 4.69) is 64.3 Å². The Morgan fingerprint density at radius 3 is 2.66 bits per heavy atom. The van der Waals surface area contributed by atoms with E-state index in [1.54, 1.807) is 6.92 Å². The van der Waals surface area contributed by atoms with Crippen molar-refractivity contribution in [3.8, 4) is 0 Å². The fourth-order valence-electron chi connectivity index (χ4n) is 6.19. The lowest BCUT2D eigenvalue weighted by Gasteiger charge is -2.42. The van der Waals surface area contributed by atoms with Gasteiger partial charge in [-0.3, -0.25) is 4.79 Å². The molecule has 0 spiro atoms. The predicted octanol–water partition coefficient (Wildman–Crippen LogP) is 5.31. The van der Waals surface area contributed by atoms with E-state index in [0.717, 1.165) is 68.2 Å². The number of carbonyl (C=O) groups is 1. The normalized spacial score (nSPS) is 19.6. The average molecular weight is 572 g/mol. The first-order valence-corrected chi connectivity index (χ1v) is 14.9. The molecule has 2 saturated heterocycles. The molecule has 6 rings (SSSR count). The van der Waals surface area contributed by atoms with E-state index in [1.807, 2.05) is 29.3 Å². The zero-order valence-electron chi connectivity index (χ0n) is 24.1. The molecule has 0 bridgehead atoms. The molecule has 41 heavy (non-hydrogen) atoms. The Balaban J connectivity index is 1.29. The molecule has 0 saturated carbocycles. The van der Waals surface area contributed by atoms with Crippen LogP contribution in [0.3, 0.4) is 0 Å². The van der Waals surface area contributed by atoms with Crippen LogP contribution < -0.4 is 15.1 Å². The maximum Gasteiger partial charge on any atom is 0.229 e. The van der Waals surface area contributed by atoms with Gasteiger partial charge >= 0.3 is 0 Å². The number of likely N-dealkylation sites (N-methyl/N-ethyl adjacent to an activating group) is 1. The number of fused-ring (bicyclic) bond motifs is 1. The summed E-state index contributed by atoms with van der Waals surface area (Å²) in [5, 5.41) is 4.17. The third kappa shape index (κ3) is 6.04. The summed E-state index contributed by atoms with van der Waals surface area (Å²) in [6.45, 7) is 10.3. The molecule has 2 aromatic carbocycles. The highest BCUT2D eigenvalue weighted by molar-refractivity contribution is 6.30. The summed E-state index contributed by atoms with van der Waals surface area (Å²) >= 11 is 6.35. The number of aryl methyl sites for hydroxylation is 1. The van der Waals surface area contributed by atoms with E-state index in [4.69, 9.17) is 21.6 Å². The van der Waals surface area contributed by atoms with Gasteiger partial charge in [-0.15, -0.1) is 0 Å². The van der Waals surface area contributed by atoms with Crippen LogP contribution in [-0.4, -0.2) is 84.6 Å². The number of halogens is 1. The minimum absolute atomic E-state index is 0.123. The molecule has 0 radical (unpaired) electrons. The standard InChI is InChI=1S/C32H38ClN7O/c1-22-16-28(9-10-30(22)38-14-12-37(3)13-15-38)35-32-34-19-25-17-26(24-6-4-7-27(33)18-24)20-40(31(25)36-32)29-8-5-11-39(21-29)23(2)41/h4,6-7,9-10,16-19,29H,5,8,11-15,20-21H2,1-3H3,(H,34,35,36)/t29-/m0/s1. The summed E-state index contributed by atoms with van der Waals surface area (Å²) in [5.74, 6) is 1.59. The largest absolute Gasteiger partial charge is 0.369 e. The second-order valence-corrected chi connectivity index (χ2v) is 11.9. The Bertz CT molecular complexity index is 1470. The van der Waals surface area contributed by atoms with Gasteiger partial charge in [-0.2, -0.15) is 4.98 Å². The van der Waals surface area contributed by atoms with Gasteiger partial charge in [-0.1, -0.05) is 23.7 Å². The third-order valence-electron chi connectivity index (χ3n) is 8.51. The summed E-state index contributed by atoms with van der Waals surface area (Å²) in [5.41, 5.74) is 6.72. The van der Waals surface area contributed by atoms with E-state index >= 15 is 0 Å². The number of nitrogens with one attached hydrogen (secondary N) is 1. The Labute approximate surface area is 247 Å². The molecule has 1 N–H and O–H groups in total. The van der Waals surface area contributed by atoms with Crippen molar-refractivity contribution in [1.82, 2.24) is 19.8 Å². The van der Waals surface area contributed by atoms with Crippen LogP contribution in [0.2, 0.25) is 5.02 Å². The lowest BCUT2D eigenvalue weighted by atomic mass is 9.96. The second-order valence-electron chi connectivity index (χ2n) is 11.5. The van der Waals surface area contributed by atoms with E-state index in [9.17, 15) is 4.79 Å². The average Bonchev–Trinajstić information content (AvgIpc) is 2.97. The van der Waals surface area contributed by atoms with Gasteiger partial charge < -0.3 is 24.9 Å². The first-order chi connectivity index (χ1) is 19.8. The molecule has 8 nitrogen and oxygen atoms in total. The lowest BCUT2D eigenvalue weighted by Crippen LogP contribution is -2.50. The number of anilines is 4. The van der Waals surface area contributed by atoms with E-state index < -0.39 is 0 Å². The maximum absolute atomic E-state index is 12.3. The van der Waals surface area contributed by atoms with Gasteiger partial charge in [0.15, 0.2) is 0 Å². The third-order valence-corrected chi connectivity index (χ3v) is 8.75. The van der Waals surface area contributed by atoms with Crippen molar-refractivity contribution in [3.05, 3.63) is 70.4 Å². The second kappa shape index (κ2) is 11.7. The molecule has 214 valence electrons. The van der Waals surface area contributed by atoms with Crippen LogP contribution in [-0.2, 0) is 4.79 Å². The van der Waals surface area contributed by atoms with E-state index in [-0.39, 0.29) is 11.9 Å². The fraction of sp³-hybridized carbons (Fsp3) is 0.406. The molecule has 4 heterocycles. The Morgan fingerprint density at radius 2 is 1.90 bits per heavy atom. The number of hydrogen-bond donors (Lipinski definition) is 1. The number of hydrogen-bond acceptors (Lipinski definition) is 7. The number of aromatic nitrogens is 2. The number of piperazine rings is 1. The first kappa shape index (κ1) is 27.5. The number of benzene rings is 2. The van der Waals surface area contributed by atoms with Crippen LogP contribution in [0.4, 0.5) is 23.1 Å². The van der Waals surface area contributed by atoms with Crippen molar-refractivity contribution >= 4 is 52.3 Å². The van der Waals surface area contributed by atoms with Crippen molar-refractivity contribution in [1.29, 1.82) is 0 Å². The summed E-state index contributed by atoms with van der Waals surface area (Å²) < 4.78 is 0. The molecule has 1 amide bonds. The number of likely N-dealkylation sites (tertiary alicyclic amines) is 1. The summed E-state index contributed by atoms with van der Waals surface area (Å²) in [7, 11) is 2.18. The molecule has 3 aliphatic heterocycles. The van der Waals surface area contributed by atoms with Crippen molar-refractivity contribution in [3.63, 3.8) is 0 Å². The Morgan fingerprint density at radius 1 is 1.07 bits per heavy atom. The van der Waals surface area contributed by atoms with Gasteiger partial charge in [-0.05, 0) is 79.9 Å². The number of carbonyl (C=O) groups excluding carboxylic acids is 1. The molecule has 0 aliphatic carbocycles. The van der Waals surface area contributed by atoms with Crippen molar-refractivity contribution in [2.75, 3.05) is 68.0 Å². The van der Waals surface area contributed by atoms with Crippen molar-refractivity contribution < 1.29 is 4.79 Å². The number of amides is 1. The highest BCUT2D eigenvalue weighted by Gasteiger charge is 2.32. The molecular weight excluding hydrogens is 534 g/mol. The molecule has 9 heteroatoms. The first-order valence-electron chi connectivity index (χ1n) is 14.5. The molecule has 1 aromatic heterocycles. The number of piperidine rings is 1. The van der Waals surface area contributed by atoms with Crippen LogP contribution >= 0.6 is 11.6 Å². The van der Waals surface area contributed by atoms with Gasteiger partial charge in [0, 0.05) is 86.9 Å². The zero-order valence-corrected chi connectivity index (χ0v) is 24.9. The van der Waals surface area contributed by atoms with Crippen molar-refractivity contribution in [2.45, 2.75) is 32.7 Å². The van der Waals surface area contributed by atoms with Gasteiger partial charge in [-0.25, -0.2) is 4.98 Å². The summed E-state index contributed by atoms with van der Waals surface area (Å²) in [4.78, 5) is 31.2. The van der Waals surface area contributed by atoms with E-state index in [1.165, 1.54) is 16.8 Å². The quantitative estimate of drug-likeness (QED) is 0.445. The highest BCUT2D eigenvalue weighted by Crippen LogP contribution is 2.36. The van der Waals surface area contributed by atoms with Crippen LogP contribution in [0.25, 0.3) is 11.6 Å². The maximum atomic E-state index is 12.3. The van der Waals surface area contributed by atoms with E-state index in [0.29, 0.717) is 24.1 Å². The summed E-state index contributed by atoms with van der Waals surface area (Å²) in [6, 6.07) is 14.6. The van der Waals surface area contributed by atoms with Crippen LogP contribution in [0.5, 0.6) is 0 Å². The highest BCUT2D eigenvalue weighted by atomic mass is 35.5. The molecule has 3 aromatic rings. The minimum atomic E-state index is 0.123. The van der Waals surface area contributed by atoms with Crippen LogP contribution in [0.1, 0.15) is 36.5 Å². The minimum Gasteiger partial charge on any atom is -0.369 e. The molecule has 2 fully saturated rings. The summed E-state index contributed by atoms with van der Waals surface area (Å²) in [6.07, 6.45) is 6.05. The molecule has 1 atom stereocenters. The van der Waals surface area contributed by atoms with Crippen LogP contribution in [0, 0.1) is 6.92 Å². The van der Waals surface area contributed by atoms with Gasteiger partial charge in [0.05, 0.1) is 0 Å². The Kier molecular flexibility index (Phi) is 7.86. The van der Waals surface area contributed by atoms with Gasteiger partial charge in [0.2, 0.25) is 11.9 Å². The Hall–Kier alpha value is -3.62. The van der Waals surface area contributed by atoms with Gasteiger partial charge in [0.1, 0.15) is 5.82 Å². The SMILES string of the molecule is CC(=O)N1CCC[C@H](N2CC(c3cccc(Cl)c3)=Cc3cnc(Nc4ccc(N5CCN(C)CC5)c(C)c4)nc32)C1. The fourth-order valence-corrected chi connectivity index (χ4v) is 6.38. The molecular formula is C32H38ClN7O. The van der Waals surface area contributed by atoms with Crippen molar-refractivity contribution in [2.24, 2.45) is 0 Å². The van der Waals surface area contributed by atoms with Crippen LogP contribution in [0.15, 0.2) is 48.7 Å². The topological polar surface area (TPSA) is 67.8 Å². The zero-order chi connectivity index (χ0) is 28.5. The monoisotopic (exact) mass is 571 g/mol. The molecule has 0 unspecified atom stereocenters. The lowest BCUT2D eigenvalue weighted by molar-refractivity contribution is -0.129.